The van der Waals surface area contributed by atoms with Crippen molar-refractivity contribution in [2.75, 3.05) is 6.61 Å². The van der Waals surface area contributed by atoms with E-state index in [2.05, 4.69) is 6.58 Å². The summed E-state index contributed by atoms with van der Waals surface area (Å²) >= 11 is 0. The molecular weight excluding hydrogens is 172 g/mol. The minimum Gasteiger partial charge on any atom is -0.462 e. The first-order chi connectivity index (χ1) is 5.52. The molecule has 0 unspecified atom stereocenters. The van der Waals surface area contributed by atoms with Crippen molar-refractivity contribution in [3.8, 4) is 0 Å². The fourth-order valence-electron chi connectivity index (χ4n) is 0.558. The zero-order valence-electron chi connectivity index (χ0n) is 7.92. The minimum atomic E-state index is -0.376. The summed E-state index contributed by atoms with van der Waals surface area (Å²) < 4.78 is 10.1. The van der Waals surface area contributed by atoms with Crippen molar-refractivity contribution < 1.29 is 14.0 Å². The summed E-state index contributed by atoms with van der Waals surface area (Å²) in [6.07, 6.45) is 1.88. The number of hydrogen-bond donors (Lipinski definition) is 0. The third-order valence-corrected chi connectivity index (χ3v) is 2.77. The standard InChI is InChI=1S/C8H16O3Si/c1-4-7(9)10-6-5-8(2,3)11-12/h4H,1,5-6H2,2-3,12H3. The summed E-state index contributed by atoms with van der Waals surface area (Å²) in [5.74, 6) is -0.376. The van der Waals surface area contributed by atoms with Crippen LogP contribution in [0.15, 0.2) is 12.7 Å². The largest absolute Gasteiger partial charge is 0.462 e. The van der Waals surface area contributed by atoms with Gasteiger partial charge in [0.25, 0.3) is 0 Å². The van der Waals surface area contributed by atoms with E-state index >= 15 is 0 Å². The van der Waals surface area contributed by atoms with Crippen LogP contribution in [0.4, 0.5) is 0 Å². The number of rotatable bonds is 5. The van der Waals surface area contributed by atoms with E-state index in [0.717, 1.165) is 12.5 Å². The minimum absolute atomic E-state index is 0.173. The molecule has 0 rings (SSSR count). The van der Waals surface area contributed by atoms with E-state index in [1.54, 1.807) is 0 Å². The molecule has 0 bridgehead atoms. The molecule has 0 saturated heterocycles. The Bertz CT molecular complexity index is 166. The van der Waals surface area contributed by atoms with E-state index in [9.17, 15) is 4.79 Å². The first-order valence-corrected chi connectivity index (χ1v) is 4.68. The second kappa shape index (κ2) is 5.11. The van der Waals surface area contributed by atoms with Gasteiger partial charge in [0.15, 0.2) is 0 Å². The molecule has 0 radical (unpaired) electrons. The Kier molecular flexibility index (Phi) is 4.85. The fraction of sp³-hybridized carbons (Fsp3) is 0.625. The monoisotopic (exact) mass is 188 g/mol. The summed E-state index contributed by atoms with van der Waals surface area (Å²) in [5, 5.41) is 0. The lowest BCUT2D eigenvalue weighted by molar-refractivity contribution is -0.138. The summed E-state index contributed by atoms with van der Waals surface area (Å²) in [6.45, 7) is 7.63. The van der Waals surface area contributed by atoms with Crippen LogP contribution in [0.5, 0.6) is 0 Å². The van der Waals surface area contributed by atoms with Crippen molar-refractivity contribution in [2.45, 2.75) is 25.9 Å². The average molecular weight is 188 g/mol. The second-order valence-corrected chi connectivity index (χ2v) is 3.49. The molecule has 0 aliphatic heterocycles. The Morgan fingerprint density at radius 1 is 1.67 bits per heavy atom. The topological polar surface area (TPSA) is 35.5 Å². The highest BCUT2D eigenvalue weighted by atomic mass is 28.2. The number of carbonyl (C=O) groups excluding carboxylic acids is 1. The van der Waals surface area contributed by atoms with E-state index < -0.39 is 0 Å². The molecule has 0 aliphatic carbocycles. The number of hydrogen-bond acceptors (Lipinski definition) is 3. The Labute approximate surface area is 76.3 Å². The van der Waals surface area contributed by atoms with Gasteiger partial charge >= 0.3 is 5.97 Å². The summed E-state index contributed by atoms with van der Waals surface area (Å²) in [4.78, 5) is 10.6. The van der Waals surface area contributed by atoms with Gasteiger partial charge in [0.2, 0.25) is 0 Å². The van der Waals surface area contributed by atoms with Crippen LogP contribution in [-0.4, -0.2) is 28.7 Å². The molecule has 3 nitrogen and oxygen atoms in total. The van der Waals surface area contributed by atoms with Crippen LogP contribution >= 0.6 is 0 Å². The molecule has 0 N–H and O–H groups in total. The van der Waals surface area contributed by atoms with Crippen molar-refractivity contribution in [3.05, 3.63) is 12.7 Å². The Balaban J connectivity index is 3.56. The normalized spacial score (nSPS) is 11.2. The van der Waals surface area contributed by atoms with Gasteiger partial charge in [-0.3, -0.25) is 0 Å². The SMILES string of the molecule is C=CC(=O)OCCC(C)(C)O[SiH3]. The maximum absolute atomic E-state index is 10.6. The molecule has 0 aromatic rings. The molecule has 70 valence electrons. The molecule has 0 aromatic carbocycles. The van der Waals surface area contributed by atoms with Crippen LogP contribution in [0.3, 0.4) is 0 Å². The third kappa shape index (κ3) is 5.09. The Morgan fingerprint density at radius 3 is 2.67 bits per heavy atom. The molecule has 0 heterocycles. The van der Waals surface area contributed by atoms with Gasteiger partial charge in [-0.1, -0.05) is 6.58 Å². The van der Waals surface area contributed by atoms with Gasteiger partial charge in [0, 0.05) is 12.5 Å². The molecule has 12 heavy (non-hydrogen) atoms. The van der Waals surface area contributed by atoms with E-state index in [-0.39, 0.29) is 11.6 Å². The summed E-state index contributed by atoms with van der Waals surface area (Å²) in [5.41, 5.74) is -0.173. The molecular formula is C8H16O3Si. The van der Waals surface area contributed by atoms with Crippen molar-refractivity contribution in [3.63, 3.8) is 0 Å². The molecule has 0 atom stereocenters. The lowest BCUT2D eigenvalue weighted by Crippen LogP contribution is -2.25. The predicted octanol–water partition coefficient (Wildman–Crippen LogP) is 0.181. The second-order valence-electron chi connectivity index (χ2n) is 3.09. The maximum Gasteiger partial charge on any atom is 0.330 e. The van der Waals surface area contributed by atoms with Crippen LogP contribution in [0, 0.1) is 0 Å². The van der Waals surface area contributed by atoms with Gasteiger partial charge in [-0.2, -0.15) is 0 Å². The average Bonchev–Trinajstić information content (AvgIpc) is 2.04. The highest BCUT2D eigenvalue weighted by Gasteiger charge is 2.15. The highest BCUT2D eigenvalue weighted by Crippen LogP contribution is 2.11. The van der Waals surface area contributed by atoms with Gasteiger partial charge in [0.1, 0.15) is 10.5 Å². The zero-order chi connectivity index (χ0) is 9.61. The van der Waals surface area contributed by atoms with Crippen LogP contribution in [0.25, 0.3) is 0 Å². The first kappa shape index (κ1) is 11.4. The van der Waals surface area contributed by atoms with Gasteiger partial charge in [-0.05, 0) is 13.8 Å². The van der Waals surface area contributed by atoms with Crippen LogP contribution in [0.1, 0.15) is 20.3 Å². The smallest absolute Gasteiger partial charge is 0.330 e. The van der Waals surface area contributed by atoms with Gasteiger partial charge < -0.3 is 9.16 Å². The molecule has 0 saturated carbocycles. The van der Waals surface area contributed by atoms with Crippen molar-refractivity contribution in [2.24, 2.45) is 0 Å². The highest BCUT2D eigenvalue weighted by molar-refractivity contribution is 5.98. The van der Waals surface area contributed by atoms with Crippen LogP contribution in [0.2, 0.25) is 0 Å². The Morgan fingerprint density at radius 2 is 2.25 bits per heavy atom. The summed E-state index contributed by atoms with van der Waals surface area (Å²) in [7, 11) is 0.701. The number of ether oxygens (including phenoxy) is 1. The summed E-state index contributed by atoms with van der Waals surface area (Å²) in [6, 6.07) is 0. The maximum atomic E-state index is 10.6. The van der Waals surface area contributed by atoms with E-state index in [1.807, 2.05) is 13.8 Å². The third-order valence-electron chi connectivity index (χ3n) is 1.67. The van der Waals surface area contributed by atoms with E-state index in [1.165, 1.54) is 0 Å². The molecule has 0 amide bonds. The quantitative estimate of drug-likeness (QED) is 0.351. The van der Waals surface area contributed by atoms with Gasteiger partial charge in [-0.15, -0.1) is 0 Å². The van der Waals surface area contributed by atoms with E-state index in [4.69, 9.17) is 9.16 Å². The molecule has 0 aliphatic rings. The van der Waals surface area contributed by atoms with Gasteiger partial charge in [-0.25, -0.2) is 4.79 Å². The Hall–Kier alpha value is -0.613. The molecule has 0 spiro atoms. The van der Waals surface area contributed by atoms with Crippen LogP contribution < -0.4 is 0 Å². The lowest BCUT2D eigenvalue weighted by Gasteiger charge is -2.22. The van der Waals surface area contributed by atoms with Crippen molar-refractivity contribution in [1.82, 2.24) is 0 Å². The fourth-order valence-corrected chi connectivity index (χ4v) is 0.763. The van der Waals surface area contributed by atoms with Crippen molar-refractivity contribution >= 4 is 16.5 Å². The number of carbonyl (C=O) groups is 1. The predicted molar refractivity (Wildman–Crippen MR) is 50.9 cm³/mol. The molecule has 0 fully saturated rings. The van der Waals surface area contributed by atoms with Gasteiger partial charge in [0.05, 0.1) is 12.2 Å². The number of esters is 1. The van der Waals surface area contributed by atoms with Crippen LogP contribution in [-0.2, 0) is 14.0 Å². The zero-order valence-corrected chi connectivity index (χ0v) is 9.92. The molecule has 0 aromatic heterocycles. The molecule has 4 heteroatoms. The van der Waals surface area contributed by atoms with E-state index in [0.29, 0.717) is 17.1 Å². The first-order valence-electron chi connectivity index (χ1n) is 3.86. The lowest BCUT2D eigenvalue weighted by atomic mass is 10.1. The van der Waals surface area contributed by atoms with Crippen molar-refractivity contribution in [1.29, 1.82) is 0 Å².